The number of hydrogen-bond acceptors (Lipinski definition) is 3. The second kappa shape index (κ2) is 12.6. The van der Waals surface area contributed by atoms with Crippen LogP contribution in [0.25, 0.3) is 0 Å². The van der Waals surface area contributed by atoms with Crippen LogP contribution in [0.4, 0.5) is 5.69 Å². The predicted molar refractivity (Wildman–Crippen MR) is 118 cm³/mol. The molecular weight excluding hydrogens is 381 g/mol. The molecule has 2 saturated heterocycles. The second-order valence-electron chi connectivity index (χ2n) is 7.96. The van der Waals surface area contributed by atoms with Gasteiger partial charge in [-0.15, -0.1) is 24.8 Å². The average Bonchev–Trinajstić information content (AvgIpc) is 2.63. The standard InChI is InChI=1S/C21H33N3O.2ClH/c1-17-3-2-14-24(15-17)16-19-4-7-20(8-5-19)23-21(25)9-6-18-10-12-22-13-11-18;;/h4-5,7-8,17-18,22H,2-3,6,9-16H2,1H3,(H,23,25);2*1H. The van der Waals surface area contributed by atoms with Crippen molar-refractivity contribution in [3.63, 3.8) is 0 Å². The van der Waals surface area contributed by atoms with E-state index in [-0.39, 0.29) is 30.7 Å². The molecule has 2 aliphatic rings. The Labute approximate surface area is 176 Å². The van der Waals surface area contributed by atoms with Gasteiger partial charge in [0.2, 0.25) is 5.91 Å². The summed E-state index contributed by atoms with van der Waals surface area (Å²) < 4.78 is 0. The van der Waals surface area contributed by atoms with Gasteiger partial charge < -0.3 is 10.6 Å². The van der Waals surface area contributed by atoms with Gasteiger partial charge in [-0.3, -0.25) is 9.69 Å². The van der Waals surface area contributed by atoms with E-state index in [9.17, 15) is 4.79 Å². The van der Waals surface area contributed by atoms with E-state index in [0.717, 1.165) is 37.7 Å². The Bertz CT molecular complexity index is 547. The van der Waals surface area contributed by atoms with Crippen LogP contribution in [0.5, 0.6) is 0 Å². The van der Waals surface area contributed by atoms with Gasteiger partial charge >= 0.3 is 0 Å². The van der Waals surface area contributed by atoms with Crippen molar-refractivity contribution in [2.75, 3.05) is 31.5 Å². The number of carbonyl (C=O) groups excluding carboxylic acids is 1. The lowest BCUT2D eigenvalue weighted by Gasteiger charge is -2.30. The van der Waals surface area contributed by atoms with Crippen LogP contribution in [0.3, 0.4) is 0 Å². The Morgan fingerprint density at radius 2 is 1.85 bits per heavy atom. The molecule has 1 aromatic carbocycles. The number of anilines is 1. The highest BCUT2D eigenvalue weighted by atomic mass is 35.5. The number of halogens is 2. The zero-order valence-corrected chi connectivity index (χ0v) is 18.0. The van der Waals surface area contributed by atoms with Gasteiger partial charge in [-0.25, -0.2) is 0 Å². The van der Waals surface area contributed by atoms with Crippen molar-refractivity contribution in [3.05, 3.63) is 29.8 Å². The van der Waals surface area contributed by atoms with Crippen molar-refractivity contribution in [3.8, 4) is 0 Å². The fraction of sp³-hybridized carbons (Fsp3) is 0.667. The number of likely N-dealkylation sites (tertiary alicyclic amines) is 1. The third-order valence-corrected chi connectivity index (χ3v) is 5.62. The molecule has 0 bridgehead atoms. The molecule has 1 atom stereocenters. The summed E-state index contributed by atoms with van der Waals surface area (Å²) in [6, 6.07) is 8.40. The molecule has 0 saturated carbocycles. The number of benzene rings is 1. The molecule has 3 rings (SSSR count). The van der Waals surface area contributed by atoms with Gasteiger partial charge in [0.25, 0.3) is 0 Å². The van der Waals surface area contributed by atoms with E-state index < -0.39 is 0 Å². The molecule has 1 aromatic rings. The Morgan fingerprint density at radius 3 is 2.52 bits per heavy atom. The molecule has 2 fully saturated rings. The summed E-state index contributed by atoms with van der Waals surface area (Å²) in [7, 11) is 0. The number of nitrogens with zero attached hydrogens (tertiary/aromatic N) is 1. The van der Waals surface area contributed by atoms with E-state index in [1.807, 2.05) is 12.1 Å². The normalized spacial score (nSPS) is 21.0. The van der Waals surface area contributed by atoms with E-state index in [0.29, 0.717) is 12.3 Å². The number of amides is 1. The molecule has 0 aliphatic carbocycles. The molecular formula is C21H35Cl2N3O. The van der Waals surface area contributed by atoms with Gasteiger partial charge in [-0.1, -0.05) is 19.1 Å². The molecule has 2 aliphatic heterocycles. The summed E-state index contributed by atoms with van der Waals surface area (Å²) in [4.78, 5) is 14.7. The maximum Gasteiger partial charge on any atom is 0.224 e. The van der Waals surface area contributed by atoms with Crippen molar-refractivity contribution in [1.82, 2.24) is 10.2 Å². The molecule has 27 heavy (non-hydrogen) atoms. The van der Waals surface area contributed by atoms with Gasteiger partial charge in [0.05, 0.1) is 0 Å². The van der Waals surface area contributed by atoms with Crippen molar-refractivity contribution in [2.24, 2.45) is 11.8 Å². The Hall–Kier alpha value is -0.810. The second-order valence-corrected chi connectivity index (χ2v) is 7.96. The minimum atomic E-state index is 0. The van der Waals surface area contributed by atoms with Crippen LogP contribution in [0.1, 0.15) is 51.0 Å². The fourth-order valence-electron chi connectivity index (χ4n) is 4.11. The van der Waals surface area contributed by atoms with Crippen molar-refractivity contribution >= 4 is 36.4 Å². The number of nitrogens with one attached hydrogen (secondary N) is 2. The summed E-state index contributed by atoms with van der Waals surface area (Å²) in [5, 5.41) is 6.43. The summed E-state index contributed by atoms with van der Waals surface area (Å²) in [6.45, 7) is 7.98. The highest BCUT2D eigenvalue weighted by Gasteiger charge is 2.16. The highest BCUT2D eigenvalue weighted by Crippen LogP contribution is 2.20. The lowest BCUT2D eigenvalue weighted by molar-refractivity contribution is -0.116. The van der Waals surface area contributed by atoms with E-state index >= 15 is 0 Å². The number of carbonyl (C=O) groups is 1. The zero-order valence-electron chi connectivity index (χ0n) is 16.4. The first-order chi connectivity index (χ1) is 12.2. The van der Waals surface area contributed by atoms with E-state index in [2.05, 4.69) is 34.6 Å². The van der Waals surface area contributed by atoms with Crippen LogP contribution < -0.4 is 10.6 Å². The third kappa shape index (κ3) is 8.39. The van der Waals surface area contributed by atoms with Gasteiger partial charge in [0, 0.05) is 25.2 Å². The number of rotatable bonds is 6. The number of hydrogen-bond donors (Lipinski definition) is 2. The third-order valence-electron chi connectivity index (χ3n) is 5.62. The zero-order chi connectivity index (χ0) is 17.5. The molecule has 2 N–H and O–H groups in total. The van der Waals surface area contributed by atoms with Crippen LogP contribution in [0, 0.1) is 11.8 Å². The summed E-state index contributed by atoms with van der Waals surface area (Å²) in [5.41, 5.74) is 2.26. The smallest absolute Gasteiger partial charge is 0.224 e. The first-order valence-electron chi connectivity index (χ1n) is 10.0. The van der Waals surface area contributed by atoms with Crippen LogP contribution >= 0.6 is 24.8 Å². The summed E-state index contributed by atoms with van der Waals surface area (Å²) in [6.07, 6.45) is 6.73. The fourth-order valence-corrected chi connectivity index (χ4v) is 4.11. The topological polar surface area (TPSA) is 44.4 Å². The Balaban J connectivity index is 0.00000182. The number of piperidine rings is 2. The van der Waals surface area contributed by atoms with Crippen molar-refractivity contribution in [2.45, 2.75) is 52.0 Å². The molecule has 2 heterocycles. The van der Waals surface area contributed by atoms with Gasteiger partial charge in [0.1, 0.15) is 0 Å². The molecule has 154 valence electrons. The SMILES string of the molecule is CC1CCCN(Cc2ccc(NC(=O)CCC3CCNCC3)cc2)C1.Cl.Cl. The Kier molecular flexibility index (Phi) is 11.3. The van der Waals surface area contributed by atoms with Gasteiger partial charge in [0.15, 0.2) is 0 Å². The molecule has 1 unspecified atom stereocenters. The van der Waals surface area contributed by atoms with Crippen LogP contribution in [0.15, 0.2) is 24.3 Å². The highest BCUT2D eigenvalue weighted by molar-refractivity contribution is 5.90. The maximum atomic E-state index is 12.2. The van der Waals surface area contributed by atoms with Crippen molar-refractivity contribution < 1.29 is 4.79 Å². The maximum absolute atomic E-state index is 12.2. The largest absolute Gasteiger partial charge is 0.326 e. The lowest BCUT2D eigenvalue weighted by atomic mass is 9.93. The van der Waals surface area contributed by atoms with E-state index in [4.69, 9.17) is 0 Å². The van der Waals surface area contributed by atoms with Crippen molar-refractivity contribution in [1.29, 1.82) is 0 Å². The monoisotopic (exact) mass is 415 g/mol. The quantitative estimate of drug-likeness (QED) is 0.719. The minimum absolute atomic E-state index is 0. The minimum Gasteiger partial charge on any atom is -0.326 e. The first kappa shape index (κ1) is 24.2. The predicted octanol–water partition coefficient (Wildman–Crippen LogP) is 4.48. The van der Waals surface area contributed by atoms with Gasteiger partial charge in [-0.05, 0) is 81.3 Å². The average molecular weight is 416 g/mol. The summed E-state index contributed by atoms with van der Waals surface area (Å²) >= 11 is 0. The van der Waals surface area contributed by atoms with E-state index in [1.54, 1.807) is 0 Å². The first-order valence-corrected chi connectivity index (χ1v) is 10.0. The van der Waals surface area contributed by atoms with Gasteiger partial charge in [-0.2, -0.15) is 0 Å². The summed E-state index contributed by atoms with van der Waals surface area (Å²) in [5.74, 6) is 1.67. The molecule has 0 spiro atoms. The Morgan fingerprint density at radius 1 is 1.15 bits per heavy atom. The molecule has 4 nitrogen and oxygen atoms in total. The molecule has 6 heteroatoms. The molecule has 1 amide bonds. The van der Waals surface area contributed by atoms with Crippen LogP contribution in [-0.2, 0) is 11.3 Å². The van der Waals surface area contributed by atoms with Crippen LogP contribution in [-0.4, -0.2) is 37.0 Å². The molecule has 0 radical (unpaired) electrons. The van der Waals surface area contributed by atoms with Crippen LogP contribution in [0.2, 0.25) is 0 Å². The van der Waals surface area contributed by atoms with E-state index in [1.165, 1.54) is 44.3 Å². The lowest BCUT2D eigenvalue weighted by Crippen LogP contribution is -2.33. The molecule has 0 aromatic heterocycles.